The molecule has 0 amide bonds. The number of aryl methyl sites for hydroxylation is 1. The average Bonchev–Trinajstić information content (AvgIpc) is 2.53. The Labute approximate surface area is 143 Å². The Hall–Kier alpha value is -2.17. The molecule has 2 heterocycles. The van der Waals surface area contributed by atoms with E-state index < -0.39 is 0 Å². The van der Waals surface area contributed by atoms with Crippen LogP contribution in [0.25, 0.3) is 0 Å². The van der Waals surface area contributed by atoms with Crippen LogP contribution in [-0.4, -0.2) is 27.0 Å². The Morgan fingerprint density at radius 2 is 1.88 bits per heavy atom. The monoisotopic (exact) mass is 323 g/mol. The number of rotatable bonds is 6. The second-order valence-electron chi connectivity index (χ2n) is 7.18. The smallest absolute Gasteiger partial charge is 0.129 e. The zero-order chi connectivity index (χ0) is 16.4. The number of hydrogen-bond acceptors (Lipinski definition) is 5. The van der Waals surface area contributed by atoms with E-state index in [0.29, 0.717) is 18.0 Å². The molecule has 5 nitrogen and oxygen atoms in total. The maximum absolute atomic E-state index is 4.47. The van der Waals surface area contributed by atoms with Gasteiger partial charge in [0.1, 0.15) is 18.0 Å². The van der Waals surface area contributed by atoms with Gasteiger partial charge in [0.25, 0.3) is 0 Å². The number of hydrogen-bond donors (Lipinski definition) is 2. The maximum Gasteiger partial charge on any atom is 0.129 e. The van der Waals surface area contributed by atoms with Gasteiger partial charge in [0, 0.05) is 30.0 Å². The zero-order valence-electron chi connectivity index (χ0n) is 14.2. The van der Waals surface area contributed by atoms with E-state index in [9.17, 15) is 0 Å². The quantitative estimate of drug-likeness (QED) is 0.851. The molecule has 0 aliphatic heterocycles. The Bertz CT molecular complexity index is 698. The van der Waals surface area contributed by atoms with Gasteiger partial charge in [-0.3, -0.25) is 0 Å². The molecule has 2 saturated carbocycles. The summed E-state index contributed by atoms with van der Waals surface area (Å²) < 4.78 is 0. The van der Waals surface area contributed by atoms with E-state index in [1.54, 1.807) is 6.33 Å². The number of pyridine rings is 1. The molecule has 2 aromatic rings. The first-order chi connectivity index (χ1) is 11.8. The van der Waals surface area contributed by atoms with Crippen LogP contribution in [0.1, 0.15) is 43.4 Å². The molecule has 24 heavy (non-hydrogen) atoms. The van der Waals surface area contributed by atoms with Gasteiger partial charge in [-0.05, 0) is 69.1 Å². The lowest BCUT2D eigenvalue weighted by molar-refractivity contribution is 0.273. The van der Waals surface area contributed by atoms with Crippen LogP contribution in [0.2, 0.25) is 0 Å². The van der Waals surface area contributed by atoms with Crippen LogP contribution in [0.15, 0.2) is 30.7 Å². The standard InChI is InChI=1S/C19H25N5/c1-13-7-8-20-18(9-13)24-17-6-5-14(17)10-16-11-19(22-12-21-16)23-15-3-2-4-15/h7-9,11-12,14-15,17H,2-6,10H2,1H3,(H,20,24)(H,21,22,23). The zero-order valence-corrected chi connectivity index (χ0v) is 14.2. The number of nitrogens with one attached hydrogen (secondary N) is 2. The molecule has 0 aromatic carbocycles. The van der Waals surface area contributed by atoms with Crippen molar-refractivity contribution in [3.8, 4) is 0 Å². The van der Waals surface area contributed by atoms with E-state index in [0.717, 1.165) is 23.8 Å². The minimum Gasteiger partial charge on any atom is -0.367 e. The Balaban J connectivity index is 1.35. The predicted octanol–water partition coefficient (Wildman–Crippen LogP) is 3.58. The van der Waals surface area contributed by atoms with Crippen LogP contribution in [0.3, 0.4) is 0 Å². The fourth-order valence-electron chi connectivity index (χ4n) is 3.43. The average molecular weight is 323 g/mol. The highest BCUT2D eigenvalue weighted by Crippen LogP contribution is 2.33. The molecule has 126 valence electrons. The third-order valence-corrected chi connectivity index (χ3v) is 5.32. The van der Waals surface area contributed by atoms with Crippen LogP contribution in [0.5, 0.6) is 0 Å². The first-order valence-electron chi connectivity index (χ1n) is 9.03. The lowest BCUT2D eigenvalue weighted by atomic mass is 9.76. The van der Waals surface area contributed by atoms with Gasteiger partial charge in [-0.25, -0.2) is 15.0 Å². The van der Waals surface area contributed by atoms with Crippen LogP contribution in [0.4, 0.5) is 11.6 Å². The van der Waals surface area contributed by atoms with Crippen molar-refractivity contribution in [2.45, 2.75) is 57.5 Å². The van der Waals surface area contributed by atoms with Crippen molar-refractivity contribution < 1.29 is 0 Å². The summed E-state index contributed by atoms with van der Waals surface area (Å²) in [6.07, 6.45) is 10.9. The minimum absolute atomic E-state index is 0.498. The molecule has 2 N–H and O–H groups in total. The van der Waals surface area contributed by atoms with E-state index in [1.807, 2.05) is 12.3 Å². The van der Waals surface area contributed by atoms with Gasteiger partial charge in [0.15, 0.2) is 0 Å². The Morgan fingerprint density at radius 3 is 2.58 bits per heavy atom. The highest BCUT2D eigenvalue weighted by atomic mass is 15.0. The van der Waals surface area contributed by atoms with Crippen molar-refractivity contribution >= 4 is 11.6 Å². The first kappa shape index (κ1) is 15.4. The molecule has 2 unspecified atom stereocenters. The molecule has 0 spiro atoms. The molecule has 2 atom stereocenters. The molecule has 0 saturated heterocycles. The molecule has 2 fully saturated rings. The second-order valence-corrected chi connectivity index (χ2v) is 7.18. The van der Waals surface area contributed by atoms with E-state index >= 15 is 0 Å². The van der Waals surface area contributed by atoms with Gasteiger partial charge >= 0.3 is 0 Å². The summed E-state index contributed by atoms with van der Waals surface area (Å²) in [6, 6.07) is 7.37. The summed E-state index contributed by atoms with van der Waals surface area (Å²) in [4.78, 5) is 13.3. The van der Waals surface area contributed by atoms with Crippen LogP contribution in [-0.2, 0) is 6.42 Å². The summed E-state index contributed by atoms with van der Waals surface area (Å²) in [7, 11) is 0. The van der Waals surface area contributed by atoms with Crippen molar-refractivity contribution in [3.63, 3.8) is 0 Å². The highest BCUT2D eigenvalue weighted by Gasteiger charge is 2.31. The van der Waals surface area contributed by atoms with E-state index in [1.165, 1.54) is 37.7 Å². The van der Waals surface area contributed by atoms with Crippen LogP contribution < -0.4 is 10.6 Å². The van der Waals surface area contributed by atoms with Crippen molar-refractivity contribution in [1.29, 1.82) is 0 Å². The SMILES string of the molecule is Cc1ccnc(NC2CCC2Cc2cc(NC3CCC3)ncn2)c1. The summed E-state index contributed by atoms with van der Waals surface area (Å²) in [6.45, 7) is 2.10. The topological polar surface area (TPSA) is 62.7 Å². The molecule has 0 bridgehead atoms. The third-order valence-electron chi connectivity index (χ3n) is 5.32. The Morgan fingerprint density at radius 1 is 1.00 bits per heavy atom. The van der Waals surface area contributed by atoms with Gasteiger partial charge < -0.3 is 10.6 Å². The second kappa shape index (κ2) is 6.75. The lowest BCUT2D eigenvalue weighted by Gasteiger charge is -2.37. The summed E-state index contributed by atoms with van der Waals surface area (Å²) in [5.74, 6) is 2.59. The van der Waals surface area contributed by atoms with Crippen LogP contribution >= 0.6 is 0 Å². The Kier molecular flexibility index (Phi) is 4.32. The summed E-state index contributed by atoms with van der Waals surface area (Å²) in [5.41, 5.74) is 2.38. The molecule has 2 aromatic heterocycles. The van der Waals surface area contributed by atoms with Gasteiger partial charge in [-0.2, -0.15) is 0 Å². The van der Waals surface area contributed by atoms with E-state index in [2.05, 4.69) is 44.6 Å². The van der Waals surface area contributed by atoms with Crippen molar-refractivity contribution in [2.24, 2.45) is 5.92 Å². The minimum atomic E-state index is 0.498. The summed E-state index contributed by atoms with van der Waals surface area (Å²) in [5, 5.41) is 7.09. The molecule has 2 aliphatic carbocycles. The van der Waals surface area contributed by atoms with E-state index in [4.69, 9.17) is 0 Å². The third kappa shape index (κ3) is 3.50. The molecular weight excluding hydrogens is 298 g/mol. The maximum atomic E-state index is 4.47. The lowest BCUT2D eigenvalue weighted by Crippen LogP contribution is -2.40. The fourth-order valence-corrected chi connectivity index (χ4v) is 3.43. The van der Waals surface area contributed by atoms with E-state index in [-0.39, 0.29) is 0 Å². The van der Waals surface area contributed by atoms with Crippen molar-refractivity contribution in [3.05, 3.63) is 42.0 Å². The van der Waals surface area contributed by atoms with Gasteiger partial charge in [0.2, 0.25) is 0 Å². The number of nitrogens with zero attached hydrogens (tertiary/aromatic N) is 3. The van der Waals surface area contributed by atoms with Crippen LogP contribution in [0, 0.1) is 12.8 Å². The van der Waals surface area contributed by atoms with Gasteiger partial charge in [-0.1, -0.05) is 0 Å². The molecule has 2 aliphatic rings. The van der Waals surface area contributed by atoms with Crippen molar-refractivity contribution in [1.82, 2.24) is 15.0 Å². The molecule has 0 radical (unpaired) electrons. The number of aromatic nitrogens is 3. The summed E-state index contributed by atoms with van der Waals surface area (Å²) >= 11 is 0. The molecular formula is C19H25N5. The normalized spacial score (nSPS) is 23.2. The van der Waals surface area contributed by atoms with Gasteiger partial charge in [0.05, 0.1) is 0 Å². The number of anilines is 2. The fraction of sp³-hybridized carbons (Fsp3) is 0.526. The molecule has 5 heteroatoms. The van der Waals surface area contributed by atoms with Crippen molar-refractivity contribution in [2.75, 3.05) is 10.6 Å². The highest BCUT2D eigenvalue weighted by molar-refractivity contribution is 5.40. The largest absolute Gasteiger partial charge is 0.367 e. The predicted molar refractivity (Wildman–Crippen MR) is 96.1 cm³/mol. The van der Waals surface area contributed by atoms with Gasteiger partial charge in [-0.15, -0.1) is 0 Å². The molecule has 4 rings (SSSR count). The first-order valence-corrected chi connectivity index (χ1v) is 9.03.